The molecule has 0 fully saturated rings. The standard InChI is InChI=1S/C56H35NO.2C40H23N5O/c1-3-17-36(18-4-1)38-21-15-22-39(33-38)51-35-40(34-50(57-51)37-19-5-2-6-20-37)41-23-7-8-24-42(41)43-28-16-31-49-53(43)44-25-9-12-29-47(44)56(49)48-30-13-10-26-45(48)54-46-27-11-14-32-52(46)58-55(54)56;1-4-14-31-27(11-1)30-21-24(37-43-38(25-9-7-19-41-22-25)45-39(44-37)26-10-8-20-42-23-26)17-18-33(30)40(31)32-15-5-2-12-28(32)35-29-13-3-6-16-34(29)46-36(35)40;1-4-13-31-26(8-1)27-11-7-12-30(39-44-37(24-16-20-41-21-17-24)43-38(45-39)25-18-22-42-23-19-25)35(27)40(31)32-14-5-2-9-28(32)34-29-10-3-6-15-33(29)46-36(34)40/h1-35H;2*1-23H. The van der Waals surface area contributed by atoms with E-state index in [4.69, 9.17) is 48.1 Å². The Hall–Kier alpha value is -20.1. The zero-order valence-corrected chi connectivity index (χ0v) is 80.4. The van der Waals surface area contributed by atoms with Crippen molar-refractivity contribution >= 4 is 32.9 Å². The highest BCUT2D eigenvalue weighted by molar-refractivity contribution is 6.10. The molecule has 32 rings (SSSR count). The van der Waals surface area contributed by atoms with Crippen LogP contribution in [-0.4, -0.2) is 54.8 Å². The van der Waals surface area contributed by atoms with Gasteiger partial charge < -0.3 is 13.3 Å². The molecule has 0 saturated heterocycles. The van der Waals surface area contributed by atoms with E-state index in [1.54, 1.807) is 49.6 Å². The SMILES string of the molecule is c1ccc(-c2cccc(-c3cc(-c4ccccc4-c4cccc5c4-c4ccccc4C54c5ccccc5-c5c4oc4ccccc54)cc(-c4ccccc4)n3)c2)cc1.c1ccc2c(c1)-c1cccc(-c3nc(-c4ccncc4)nc(-c4ccncc4)n3)c1C21c2ccccc2-c2c1oc1ccccc21.c1cncc(-c2nc(-c3cccnc3)nc(-c3ccc4c(c3)-c3ccccc3C43c4ccccc4-c4c3oc3ccccc43)n2)c1. The Kier molecular flexibility index (Phi) is 19.4. The van der Waals surface area contributed by atoms with E-state index in [0.717, 1.165) is 139 Å². The highest BCUT2D eigenvalue weighted by Gasteiger charge is 2.59. The van der Waals surface area contributed by atoms with Gasteiger partial charge in [-0.2, -0.15) is 0 Å². The quantitative estimate of drug-likeness (QED) is 0.119. The van der Waals surface area contributed by atoms with Gasteiger partial charge in [0.15, 0.2) is 34.9 Å². The first-order valence-electron chi connectivity index (χ1n) is 50.4. The van der Waals surface area contributed by atoms with Crippen LogP contribution in [0.2, 0.25) is 0 Å². The molecule has 26 aromatic rings. The van der Waals surface area contributed by atoms with Gasteiger partial charge in [0.2, 0.25) is 0 Å². The Morgan fingerprint density at radius 2 is 0.507 bits per heavy atom. The number of hydrogen-bond acceptors (Lipinski definition) is 14. The molecule has 698 valence electrons. The predicted octanol–water partition coefficient (Wildman–Crippen LogP) is 32.0. The highest BCUT2D eigenvalue weighted by Crippen LogP contribution is 2.70. The molecule has 16 aromatic carbocycles. The van der Waals surface area contributed by atoms with Crippen molar-refractivity contribution in [1.82, 2.24) is 54.8 Å². The van der Waals surface area contributed by atoms with Gasteiger partial charge in [0.1, 0.15) is 50.3 Å². The third kappa shape index (κ3) is 12.8. The molecule has 3 spiro atoms. The van der Waals surface area contributed by atoms with Crippen LogP contribution in [0.1, 0.15) is 67.4 Å². The minimum Gasteiger partial charge on any atom is -0.459 e. The van der Waals surface area contributed by atoms with E-state index >= 15 is 0 Å². The number of hydrogen-bond donors (Lipinski definition) is 0. The topological polar surface area (TPSA) is 181 Å². The number of fused-ring (bicyclic) bond motifs is 36. The summed E-state index contributed by atoms with van der Waals surface area (Å²) in [7, 11) is 0. The molecule has 0 radical (unpaired) electrons. The largest absolute Gasteiger partial charge is 0.459 e. The lowest BCUT2D eigenvalue weighted by atomic mass is 9.71. The van der Waals surface area contributed by atoms with Crippen molar-refractivity contribution in [2.45, 2.75) is 16.2 Å². The number of aromatic nitrogens is 11. The fraction of sp³-hybridized carbons (Fsp3) is 0.0221. The Balaban J connectivity index is 0.000000104. The third-order valence-corrected chi connectivity index (χ3v) is 31.0. The van der Waals surface area contributed by atoms with Gasteiger partial charge in [-0.3, -0.25) is 19.9 Å². The number of para-hydroxylation sites is 3. The molecule has 0 saturated carbocycles. The van der Waals surface area contributed by atoms with Gasteiger partial charge in [-0.05, 0) is 225 Å². The summed E-state index contributed by atoms with van der Waals surface area (Å²) in [6.45, 7) is 0. The van der Waals surface area contributed by atoms with Crippen LogP contribution >= 0.6 is 0 Å². The summed E-state index contributed by atoms with van der Waals surface area (Å²) < 4.78 is 20.8. The number of furan rings is 3. The minimum atomic E-state index is -0.701. The molecule has 0 bridgehead atoms. The fourth-order valence-electron chi connectivity index (χ4n) is 24.8. The van der Waals surface area contributed by atoms with Crippen molar-refractivity contribution in [2.24, 2.45) is 0 Å². The van der Waals surface area contributed by atoms with Crippen molar-refractivity contribution in [3.63, 3.8) is 0 Å². The smallest absolute Gasteiger partial charge is 0.165 e. The molecule has 0 N–H and O–H groups in total. The first-order valence-corrected chi connectivity index (χ1v) is 50.4. The molecule has 10 aromatic heterocycles. The fourth-order valence-corrected chi connectivity index (χ4v) is 24.8. The van der Waals surface area contributed by atoms with Crippen LogP contribution in [0.3, 0.4) is 0 Å². The summed E-state index contributed by atoms with van der Waals surface area (Å²) in [5.74, 6) is 6.39. The molecular formula is C136H81N11O3. The summed E-state index contributed by atoms with van der Waals surface area (Å²) in [5.41, 5.74) is 42.4. The second-order valence-electron chi connectivity index (χ2n) is 38.7. The van der Waals surface area contributed by atoms with E-state index < -0.39 is 16.2 Å². The number of rotatable bonds is 11. The first kappa shape index (κ1) is 85.5. The molecular weight excluding hydrogens is 1840 g/mol. The summed E-state index contributed by atoms with van der Waals surface area (Å²) >= 11 is 0. The Labute approximate surface area is 862 Å². The lowest BCUT2D eigenvalue weighted by molar-refractivity contribution is 0.506. The number of nitrogens with zero attached hydrogens (tertiary/aromatic N) is 11. The average molecular weight is 1920 g/mol. The van der Waals surface area contributed by atoms with Gasteiger partial charge in [-0.1, -0.05) is 352 Å². The number of benzene rings is 16. The van der Waals surface area contributed by atoms with Crippen molar-refractivity contribution in [2.75, 3.05) is 0 Å². The van der Waals surface area contributed by atoms with Crippen LogP contribution < -0.4 is 0 Å². The molecule has 0 aliphatic heterocycles. The van der Waals surface area contributed by atoms with E-state index in [-0.39, 0.29) is 0 Å². The van der Waals surface area contributed by atoms with Crippen LogP contribution in [0, 0.1) is 0 Å². The van der Waals surface area contributed by atoms with E-state index in [1.165, 1.54) is 117 Å². The summed E-state index contributed by atoms with van der Waals surface area (Å²) in [4.78, 5) is 52.4. The van der Waals surface area contributed by atoms with Crippen LogP contribution in [0.25, 0.3) is 224 Å². The molecule has 150 heavy (non-hydrogen) atoms. The maximum absolute atomic E-state index is 7.02. The molecule has 14 nitrogen and oxygen atoms in total. The maximum atomic E-state index is 7.02. The van der Waals surface area contributed by atoms with E-state index in [9.17, 15) is 0 Å². The van der Waals surface area contributed by atoms with Gasteiger partial charge in [0.05, 0.1) is 11.4 Å². The monoisotopic (exact) mass is 1920 g/mol. The van der Waals surface area contributed by atoms with Gasteiger partial charge in [0, 0.05) is 127 Å². The van der Waals surface area contributed by atoms with Crippen LogP contribution in [0.4, 0.5) is 0 Å². The van der Waals surface area contributed by atoms with E-state index in [2.05, 4.69) is 402 Å². The van der Waals surface area contributed by atoms with Crippen molar-refractivity contribution < 1.29 is 13.3 Å². The van der Waals surface area contributed by atoms with Gasteiger partial charge in [-0.15, -0.1) is 0 Å². The van der Waals surface area contributed by atoms with Crippen LogP contribution in [0.15, 0.2) is 506 Å². The Bertz CT molecular complexity index is 9880. The van der Waals surface area contributed by atoms with E-state index in [0.29, 0.717) is 34.9 Å². The molecule has 3 unspecified atom stereocenters. The van der Waals surface area contributed by atoms with Gasteiger partial charge in [0.25, 0.3) is 0 Å². The third-order valence-electron chi connectivity index (χ3n) is 31.0. The summed E-state index contributed by atoms with van der Waals surface area (Å²) in [6, 6.07) is 156. The van der Waals surface area contributed by atoms with Crippen LogP contribution in [0.5, 0.6) is 0 Å². The normalized spacial score (nSPS) is 15.1. The summed E-state index contributed by atoms with van der Waals surface area (Å²) in [6.07, 6.45) is 14.1. The lowest BCUT2D eigenvalue weighted by Crippen LogP contribution is -2.26. The van der Waals surface area contributed by atoms with Crippen molar-refractivity contribution in [3.05, 3.63) is 560 Å². The molecule has 6 aliphatic carbocycles. The average Bonchev–Trinajstić information content (AvgIpc) is 1.50. The Morgan fingerprint density at radius 1 is 0.160 bits per heavy atom. The highest BCUT2D eigenvalue weighted by atomic mass is 16.3. The molecule has 10 heterocycles. The van der Waals surface area contributed by atoms with Gasteiger partial charge >= 0.3 is 0 Å². The summed E-state index contributed by atoms with van der Waals surface area (Å²) in [5, 5.41) is 3.41. The Morgan fingerprint density at radius 3 is 1.03 bits per heavy atom. The zero-order valence-electron chi connectivity index (χ0n) is 80.4. The van der Waals surface area contributed by atoms with Crippen molar-refractivity contribution in [1.29, 1.82) is 0 Å². The molecule has 0 amide bonds. The lowest BCUT2D eigenvalue weighted by Gasteiger charge is -2.29. The number of pyridine rings is 5. The second kappa shape index (κ2) is 34.0. The maximum Gasteiger partial charge on any atom is 0.165 e. The van der Waals surface area contributed by atoms with E-state index in [1.807, 2.05) is 60.7 Å². The zero-order chi connectivity index (χ0) is 98.7. The molecule has 14 heteroatoms. The molecule has 3 atom stereocenters. The van der Waals surface area contributed by atoms with Gasteiger partial charge in [-0.25, -0.2) is 34.9 Å². The minimum absolute atomic E-state index is 0.561. The van der Waals surface area contributed by atoms with Crippen molar-refractivity contribution in [3.8, 4) is 191 Å². The second-order valence-corrected chi connectivity index (χ2v) is 38.7. The first-order chi connectivity index (χ1) is 74.4. The molecule has 6 aliphatic rings. The predicted molar refractivity (Wildman–Crippen MR) is 593 cm³/mol. The van der Waals surface area contributed by atoms with Crippen LogP contribution in [-0.2, 0) is 16.2 Å².